The van der Waals surface area contributed by atoms with E-state index in [9.17, 15) is 0 Å². The van der Waals surface area contributed by atoms with Crippen LogP contribution in [0, 0.1) is 5.92 Å². The van der Waals surface area contributed by atoms with Crippen molar-refractivity contribution in [2.45, 2.75) is 44.6 Å². The van der Waals surface area contributed by atoms with Gasteiger partial charge in [0.15, 0.2) is 0 Å². The van der Waals surface area contributed by atoms with Crippen molar-refractivity contribution in [3.63, 3.8) is 0 Å². The van der Waals surface area contributed by atoms with Crippen molar-refractivity contribution in [2.24, 2.45) is 5.92 Å². The number of hydrogen-bond donors (Lipinski definition) is 1. The maximum atomic E-state index is 5.12. The topological polar surface area (TPSA) is 24.5 Å². The molecule has 0 radical (unpaired) electrons. The Morgan fingerprint density at radius 2 is 2.06 bits per heavy atom. The van der Waals surface area contributed by atoms with Gasteiger partial charge in [-0.05, 0) is 57.5 Å². The molecule has 2 fully saturated rings. The fraction of sp³-hybridized carbons (Fsp3) is 1.00. The van der Waals surface area contributed by atoms with Gasteiger partial charge in [0.1, 0.15) is 0 Å². The highest BCUT2D eigenvalue weighted by Gasteiger charge is 2.26. The summed E-state index contributed by atoms with van der Waals surface area (Å²) in [6.45, 7) is 6.01. The van der Waals surface area contributed by atoms with E-state index in [1.807, 2.05) is 0 Å². The zero-order chi connectivity index (χ0) is 11.9. The van der Waals surface area contributed by atoms with Crippen molar-refractivity contribution in [1.29, 1.82) is 0 Å². The standard InChI is InChI=1S/C14H28N2O/c1-17-10-3-2-9-16(11-13-6-7-13)12-14-5-4-8-15-14/h13-15H,2-12H2,1H3. The highest BCUT2D eigenvalue weighted by molar-refractivity contribution is 4.82. The van der Waals surface area contributed by atoms with Crippen molar-refractivity contribution < 1.29 is 4.74 Å². The van der Waals surface area contributed by atoms with Gasteiger partial charge in [-0.25, -0.2) is 0 Å². The molecule has 17 heavy (non-hydrogen) atoms. The summed E-state index contributed by atoms with van der Waals surface area (Å²) in [7, 11) is 1.80. The number of unbranched alkanes of at least 4 members (excludes halogenated alkanes) is 1. The molecule has 0 aromatic heterocycles. The Hall–Kier alpha value is -0.120. The molecule has 1 saturated heterocycles. The van der Waals surface area contributed by atoms with E-state index < -0.39 is 0 Å². The Bertz CT molecular complexity index is 200. The van der Waals surface area contributed by atoms with E-state index in [0.29, 0.717) is 0 Å². The number of hydrogen-bond acceptors (Lipinski definition) is 3. The number of methoxy groups -OCH3 is 1. The van der Waals surface area contributed by atoms with E-state index in [0.717, 1.165) is 18.6 Å². The summed E-state index contributed by atoms with van der Waals surface area (Å²) in [5.74, 6) is 1.01. The lowest BCUT2D eigenvalue weighted by Gasteiger charge is -2.25. The fourth-order valence-electron chi connectivity index (χ4n) is 2.73. The van der Waals surface area contributed by atoms with Gasteiger partial charge in [-0.2, -0.15) is 0 Å². The van der Waals surface area contributed by atoms with E-state index in [4.69, 9.17) is 4.74 Å². The van der Waals surface area contributed by atoms with Crippen LogP contribution in [0.15, 0.2) is 0 Å². The molecule has 0 amide bonds. The second-order valence-electron chi connectivity index (χ2n) is 5.70. The predicted molar refractivity (Wildman–Crippen MR) is 71.3 cm³/mol. The summed E-state index contributed by atoms with van der Waals surface area (Å²) in [6, 6.07) is 0.760. The van der Waals surface area contributed by atoms with E-state index in [1.165, 1.54) is 64.7 Å². The predicted octanol–water partition coefficient (Wildman–Crippen LogP) is 1.88. The molecule has 1 N–H and O–H groups in total. The molecule has 1 aliphatic heterocycles. The average molecular weight is 240 g/mol. The van der Waals surface area contributed by atoms with Gasteiger partial charge in [0, 0.05) is 32.8 Å². The first-order chi connectivity index (χ1) is 8.38. The zero-order valence-corrected chi connectivity index (χ0v) is 11.3. The fourth-order valence-corrected chi connectivity index (χ4v) is 2.73. The molecular weight excluding hydrogens is 212 g/mol. The summed E-state index contributed by atoms with van der Waals surface area (Å²) < 4.78 is 5.12. The molecule has 2 aliphatic rings. The molecule has 1 unspecified atom stereocenters. The minimum atomic E-state index is 0.760. The van der Waals surface area contributed by atoms with Crippen LogP contribution in [0.25, 0.3) is 0 Å². The third-order valence-corrected chi connectivity index (χ3v) is 3.93. The Kier molecular flexibility index (Phi) is 5.75. The molecule has 1 heterocycles. The molecule has 0 spiro atoms. The van der Waals surface area contributed by atoms with Crippen molar-refractivity contribution >= 4 is 0 Å². The van der Waals surface area contributed by atoms with Crippen LogP contribution in [0.3, 0.4) is 0 Å². The van der Waals surface area contributed by atoms with Gasteiger partial charge in [-0.1, -0.05) is 0 Å². The molecule has 3 nitrogen and oxygen atoms in total. The highest BCUT2D eigenvalue weighted by atomic mass is 16.5. The lowest BCUT2D eigenvalue weighted by molar-refractivity contribution is 0.179. The Morgan fingerprint density at radius 1 is 1.18 bits per heavy atom. The molecule has 1 saturated carbocycles. The van der Waals surface area contributed by atoms with Crippen LogP contribution in [0.2, 0.25) is 0 Å². The largest absolute Gasteiger partial charge is 0.385 e. The second-order valence-corrected chi connectivity index (χ2v) is 5.70. The van der Waals surface area contributed by atoms with Crippen LogP contribution in [-0.4, -0.2) is 50.8 Å². The number of rotatable bonds is 9. The SMILES string of the molecule is COCCCCN(CC1CC1)CC1CCCN1. The minimum absolute atomic E-state index is 0.760. The van der Waals surface area contributed by atoms with Crippen LogP contribution in [0.1, 0.15) is 38.5 Å². The van der Waals surface area contributed by atoms with Gasteiger partial charge < -0.3 is 15.0 Å². The van der Waals surface area contributed by atoms with E-state index in [2.05, 4.69) is 10.2 Å². The Morgan fingerprint density at radius 3 is 2.71 bits per heavy atom. The third kappa shape index (κ3) is 5.36. The lowest BCUT2D eigenvalue weighted by atomic mass is 10.2. The van der Waals surface area contributed by atoms with Gasteiger partial charge >= 0.3 is 0 Å². The molecule has 0 aromatic rings. The van der Waals surface area contributed by atoms with Crippen LogP contribution < -0.4 is 5.32 Å². The molecule has 0 aromatic carbocycles. The first kappa shape index (κ1) is 13.3. The van der Waals surface area contributed by atoms with Crippen molar-refractivity contribution in [2.75, 3.05) is 39.9 Å². The van der Waals surface area contributed by atoms with Gasteiger partial charge in [0.25, 0.3) is 0 Å². The average Bonchev–Trinajstić information content (AvgIpc) is 2.99. The monoisotopic (exact) mass is 240 g/mol. The summed E-state index contributed by atoms with van der Waals surface area (Å²) >= 11 is 0. The quantitative estimate of drug-likeness (QED) is 0.623. The van der Waals surface area contributed by atoms with Crippen molar-refractivity contribution in [3.05, 3.63) is 0 Å². The summed E-state index contributed by atoms with van der Waals surface area (Å²) in [4.78, 5) is 2.69. The van der Waals surface area contributed by atoms with Crippen LogP contribution in [-0.2, 0) is 4.74 Å². The Balaban J connectivity index is 1.63. The van der Waals surface area contributed by atoms with Crippen LogP contribution >= 0.6 is 0 Å². The Labute approximate surface area is 106 Å². The summed E-state index contributed by atoms with van der Waals surface area (Å²) in [6.07, 6.45) is 8.16. The smallest absolute Gasteiger partial charge is 0.0462 e. The maximum absolute atomic E-state index is 5.12. The number of nitrogens with zero attached hydrogens (tertiary/aromatic N) is 1. The molecule has 1 atom stereocenters. The third-order valence-electron chi connectivity index (χ3n) is 3.93. The number of ether oxygens (including phenoxy) is 1. The van der Waals surface area contributed by atoms with Gasteiger partial charge in [0.2, 0.25) is 0 Å². The molecule has 0 bridgehead atoms. The summed E-state index contributed by atoms with van der Waals surface area (Å²) in [5, 5.41) is 3.62. The molecular formula is C14H28N2O. The lowest BCUT2D eigenvalue weighted by Crippen LogP contribution is -2.39. The minimum Gasteiger partial charge on any atom is -0.385 e. The normalized spacial score (nSPS) is 24.7. The second kappa shape index (κ2) is 7.34. The highest BCUT2D eigenvalue weighted by Crippen LogP contribution is 2.30. The summed E-state index contributed by atoms with van der Waals surface area (Å²) in [5.41, 5.74) is 0. The van der Waals surface area contributed by atoms with Gasteiger partial charge in [0.05, 0.1) is 0 Å². The van der Waals surface area contributed by atoms with Crippen LogP contribution in [0.5, 0.6) is 0 Å². The van der Waals surface area contributed by atoms with E-state index >= 15 is 0 Å². The first-order valence-corrected chi connectivity index (χ1v) is 7.33. The first-order valence-electron chi connectivity index (χ1n) is 7.33. The van der Waals surface area contributed by atoms with Crippen molar-refractivity contribution in [1.82, 2.24) is 10.2 Å². The molecule has 3 heteroatoms. The zero-order valence-electron chi connectivity index (χ0n) is 11.3. The number of nitrogens with one attached hydrogen (secondary N) is 1. The van der Waals surface area contributed by atoms with Gasteiger partial charge in [-0.15, -0.1) is 0 Å². The van der Waals surface area contributed by atoms with E-state index in [1.54, 1.807) is 7.11 Å². The van der Waals surface area contributed by atoms with Crippen molar-refractivity contribution in [3.8, 4) is 0 Å². The van der Waals surface area contributed by atoms with Gasteiger partial charge in [-0.3, -0.25) is 0 Å². The maximum Gasteiger partial charge on any atom is 0.0462 e. The molecule has 2 rings (SSSR count). The molecule has 1 aliphatic carbocycles. The molecule has 100 valence electrons. The van der Waals surface area contributed by atoms with E-state index in [-0.39, 0.29) is 0 Å². The van der Waals surface area contributed by atoms with Crippen LogP contribution in [0.4, 0.5) is 0 Å².